The van der Waals surface area contributed by atoms with E-state index in [1.54, 1.807) is 10.3 Å². The minimum Gasteiger partial charge on any atom is -0.418 e. The highest BCUT2D eigenvalue weighted by Crippen LogP contribution is 2.31. The molecule has 2 aliphatic heterocycles. The van der Waals surface area contributed by atoms with Gasteiger partial charge >= 0.3 is 6.18 Å². The second kappa shape index (κ2) is 11.1. The molecule has 9 nitrogen and oxygen atoms in total. The monoisotopic (exact) mass is 548 g/mol. The van der Waals surface area contributed by atoms with Gasteiger partial charge in [-0.3, -0.25) is 9.59 Å². The zero-order valence-corrected chi connectivity index (χ0v) is 21.3. The first-order valence-corrected chi connectivity index (χ1v) is 13.3. The second-order valence-electron chi connectivity index (χ2n) is 9.25. The number of benzene rings is 1. The minimum atomic E-state index is -4.39. The number of carbonyl (C=O) groups is 2. The highest BCUT2D eigenvalue weighted by Gasteiger charge is 2.31. The fourth-order valence-electron chi connectivity index (χ4n) is 4.56. The van der Waals surface area contributed by atoms with E-state index < -0.39 is 11.7 Å². The molecule has 38 heavy (non-hydrogen) atoms. The maximum absolute atomic E-state index is 13.0. The van der Waals surface area contributed by atoms with Crippen molar-refractivity contribution in [3.63, 3.8) is 0 Å². The Morgan fingerprint density at radius 2 is 1.92 bits per heavy atom. The van der Waals surface area contributed by atoms with Gasteiger partial charge in [-0.2, -0.15) is 13.2 Å². The number of piperidine rings is 1. The van der Waals surface area contributed by atoms with E-state index in [4.69, 9.17) is 4.42 Å². The number of nitrogens with zero attached hydrogens (tertiary/aromatic N) is 4. The van der Waals surface area contributed by atoms with E-state index in [1.807, 2.05) is 4.90 Å². The Bertz CT molecular complexity index is 1270. The van der Waals surface area contributed by atoms with Crippen LogP contribution in [0.25, 0.3) is 11.3 Å². The number of hydrogen-bond acceptors (Lipinski definition) is 8. The van der Waals surface area contributed by atoms with Crippen molar-refractivity contribution in [2.75, 3.05) is 44.2 Å². The minimum absolute atomic E-state index is 0.165. The predicted octanol–water partition coefficient (Wildman–Crippen LogP) is 3.40. The van der Waals surface area contributed by atoms with Gasteiger partial charge in [-0.05, 0) is 25.0 Å². The van der Waals surface area contributed by atoms with Gasteiger partial charge in [-0.15, -0.1) is 11.3 Å². The molecule has 0 saturated carbocycles. The summed E-state index contributed by atoms with van der Waals surface area (Å²) in [4.78, 5) is 38.2. The number of amides is 2. The molecule has 0 bridgehead atoms. The highest BCUT2D eigenvalue weighted by atomic mass is 32.1. The number of carbonyl (C=O) groups excluding carboxylic acids is 2. The molecule has 2 saturated heterocycles. The summed E-state index contributed by atoms with van der Waals surface area (Å²) in [5.41, 5.74) is 0.405. The molecular weight excluding hydrogens is 521 g/mol. The number of halogens is 3. The highest BCUT2D eigenvalue weighted by molar-refractivity contribution is 7.09. The first-order valence-electron chi connectivity index (χ1n) is 12.4. The molecule has 2 N–H and O–H groups in total. The maximum atomic E-state index is 13.0. The van der Waals surface area contributed by atoms with Gasteiger partial charge in [0.2, 0.25) is 11.7 Å². The summed E-state index contributed by atoms with van der Waals surface area (Å²) < 4.78 is 44.1. The van der Waals surface area contributed by atoms with Crippen molar-refractivity contribution in [3.8, 4) is 11.3 Å². The molecule has 2 aromatic heterocycles. The van der Waals surface area contributed by atoms with Gasteiger partial charge in [0.15, 0.2) is 0 Å². The molecular formula is C25H27F3N6O3S. The molecule has 1 aromatic carbocycles. The Morgan fingerprint density at radius 3 is 2.66 bits per heavy atom. The maximum Gasteiger partial charge on any atom is 0.416 e. The fraction of sp³-hybridized carbons (Fsp3) is 0.440. The lowest BCUT2D eigenvalue weighted by molar-refractivity contribution is -0.137. The summed E-state index contributed by atoms with van der Waals surface area (Å²) in [6.07, 6.45) is -1.59. The zero-order chi connectivity index (χ0) is 26.7. The zero-order valence-electron chi connectivity index (χ0n) is 20.5. The van der Waals surface area contributed by atoms with Crippen LogP contribution in [0.2, 0.25) is 0 Å². The average molecular weight is 549 g/mol. The largest absolute Gasteiger partial charge is 0.418 e. The molecule has 0 aliphatic carbocycles. The molecule has 5 rings (SSSR count). The molecule has 0 spiro atoms. The number of piperazine rings is 1. The van der Waals surface area contributed by atoms with Gasteiger partial charge in [-0.1, -0.05) is 12.1 Å². The molecule has 1 atom stereocenters. The first kappa shape index (κ1) is 26.2. The van der Waals surface area contributed by atoms with E-state index in [0.717, 1.165) is 38.3 Å². The number of hydrogen-bond donors (Lipinski definition) is 2. The topological polar surface area (TPSA) is 104 Å². The van der Waals surface area contributed by atoms with Crippen molar-refractivity contribution in [3.05, 3.63) is 52.2 Å². The molecule has 3 aromatic rings. The van der Waals surface area contributed by atoms with E-state index in [1.165, 1.54) is 29.7 Å². The second-order valence-corrected chi connectivity index (χ2v) is 10.2. The molecule has 0 radical (unpaired) electrons. The molecule has 2 fully saturated rings. The summed E-state index contributed by atoms with van der Waals surface area (Å²) in [5.74, 6) is -0.652. The van der Waals surface area contributed by atoms with Crippen LogP contribution in [0, 0.1) is 5.92 Å². The van der Waals surface area contributed by atoms with Crippen LogP contribution >= 0.6 is 11.3 Å². The third-order valence-corrected chi connectivity index (χ3v) is 7.49. The van der Waals surface area contributed by atoms with Crippen molar-refractivity contribution in [1.29, 1.82) is 0 Å². The Balaban J connectivity index is 1.14. The quantitative estimate of drug-likeness (QED) is 0.487. The molecule has 4 heterocycles. The summed E-state index contributed by atoms with van der Waals surface area (Å²) in [6, 6.07) is 5.25. The Morgan fingerprint density at radius 1 is 1.16 bits per heavy atom. The van der Waals surface area contributed by atoms with Crippen LogP contribution in [0.5, 0.6) is 0 Å². The van der Waals surface area contributed by atoms with E-state index in [2.05, 4.69) is 20.6 Å². The van der Waals surface area contributed by atoms with Crippen molar-refractivity contribution in [1.82, 2.24) is 25.5 Å². The molecule has 2 amide bonds. The van der Waals surface area contributed by atoms with E-state index in [-0.39, 0.29) is 36.6 Å². The number of likely N-dealkylation sites (tertiary alicyclic amines) is 1. The summed E-state index contributed by atoms with van der Waals surface area (Å²) in [5, 5.41) is 8.52. The molecule has 202 valence electrons. The lowest BCUT2D eigenvalue weighted by Gasteiger charge is -2.31. The number of nitrogens with one attached hydrogen (secondary N) is 2. The van der Waals surface area contributed by atoms with Crippen LogP contribution in [0.15, 0.2) is 40.3 Å². The Hall–Kier alpha value is -3.45. The average Bonchev–Trinajstić information content (AvgIpc) is 3.62. The number of aromatic nitrogens is 2. The van der Waals surface area contributed by atoms with Gasteiger partial charge in [-0.25, -0.2) is 9.97 Å². The third kappa shape index (κ3) is 5.99. The van der Waals surface area contributed by atoms with Gasteiger partial charge in [0.1, 0.15) is 5.01 Å². The van der Waals surface area contributed by atoms with Crippen LogP contribution in [0.4, 0.5) is 19.2 Å². The van der Waals surface area contributed by atoms with Crippen molar-refractivity contribution >= 4 is 29.2 Å². The predicted molar refractivity (Wildman–Crippen MR) is 135 cm³/mol. The number of oxazole rings is 1. The van der Waals surface area contributed by atoms with Crippen molar-refractivity contribution in [2.24, 2.45) is 5.92 Å². The standard InChI is InChI=1S/C25H27F3N6O3S/c26-25(27,28)18-5-3-16(4-6-18)19-15-38-21(32-19)13-30-22(35)17-2-1-9-34(14-17)23(36)20-12-31-24(37-20)33-10-7-29-8-11-33/h3-6,12,15,17,29H,1-2,7-11,13-14H2,(H,30,35)/t17-/m0/s1. The summed E-state index contributed by atoms with van der Waals surface area (Å²) in [7, 11) is 0. The van der Waals surface area contributed by atoms with Crippen molar-refractivity contribution < 1.29 is 27.2 Å². The summed E-state index contributed by atoms with van der Waals surface area (Å²) in [6.45, 7) is 4.18. The molecule has 0 unspecified atom stereocenters. The van der Waals surface area contributed by atoms with Gasteiger partial charge in [0.05, 0.1) is 29.9 Å². The van der Waals surface area contributed by atoms with E-state index in [9.17, 15) is 22.8 Å². The van der Waals surface area contributed by atoms with Gasteiger partial charge < -0.3 is 24.9 Å². The smallest absolute Gasteiger partial charge is 0.416 e. The lowest BCUT2D eigenvalue weighted by Crippen LogP contribution is -2.45. The van der Waals surface area contributed by atoms with Crippen LogP contribution in [-0.4, -0.2) is 66.0 Å². The van der Waals surface area contributed by atoms with Crippen LogP contribution < -0.4 is 15.5 Å². The van der Waals surface area contributed by atoms with E-state index >= 15 is 0 Å². The van der Waals surface area contributed by atoms with Crippen LogP contribution in [0.3, 0.4) is 0 Å². The molecule has 2 aliphatic rings. The Kier molecular flexibility index (Phi) is 7.65. The number of anilines is 1. The van der Waals surface area contributed by atoms with Gasteiger partial charge in [0, 0.05) is 50.2 Å². The van der Waals surface area contributed by atoms with Crippen LogP contribution in [0.1, 0.15) is 34.0 Å². The normalized spacial score (nSPS) is 18.4. The Labute approximate surface area is 221 Å². The third-order valence-electron chi connectivity index (χ3n) is 6.64. The lowest BCUT2D eigenvalue weighted by atomic mass is 9.97. The number of alkyl halides is 3. The fourth-order valence-corrected chi connectivity index (χ4v) is 5.30. The number of rotatable bonds is 6. The SMILES string of the molecule is O=C(NCc1nc(-c2ccc(C(F)(F)F)cc2)cs1)[C@H]1CCCN(C(=O)c2cnc(N3CCNCC3)o2)C1. The first-order chi connectivity index (χ1) is 18.3. The number of thiazole rings is 1. The summed E-state index contributed by atoms with van der Waals surface area (Å²) >= 11 is 1.32. The molecule has 13 heteroatoms. The van der Waals surface area contributed by atoms with E-state index in [0.29, 0.717) is 41.7 Å². The van der Waals surface area contributed by atoms with Gasteiger partial charge in [0.25, 0.3) is 11.9 Å². The van der Waals surface area contributed by atoms with Crippen LogP contribution in [-0.2, 0) is 17.5 Å². The van der Waals surface area contributed by atoms with Crippen molar-refractivity contribution in [2.45, 2.75) is 25.6 Å².